The van der Waals surface area contributed by atoms with Crippen molar-refractivity contribution in [1.29, 1.82) is 0 Å². The number of anilines is 1. The average Bonchev–Trinajstić information content (AvgIpc) is 3.00. The Balaban J connectivity index is 1.82. The van der Waals surface area contributed by atoms with Crippen molar-refractivity contribution in [2.75, 3.05) is 45.2 Å². The van der Waals surface area contributed by atoms with E-state index in [-0.39, 0.29) is 18.4 Å². The van der Waals surface area contributed by atoms with Gasteiger partial charge in [0, 0.05) is 24.7 Å². The summed E-state index contributed by atoms with van der Waals surface area (Å²) in [5, 5.41) is 5.10. The van der Waals surface area contributed by atoms with Crippen LogP contribution >= 0.6 is 11.3 Å². The molecule has 21 heavy (non-hydrogen) atoms. The van der Waals surface area contributed by atoms with E-state index in [0.717, 1.165) is 0 Å². The first-order valence-electron chi connectivity index (χ1n) is 6.84. The summed E-state index contributed by atoms with van der Waals surface area (Å²) in [6.07, 6.45) is 1.64. The van der Waals surface area contributed by atoms with Crippen LogP contribution in [0.25, 0.3) is 0 Å². The number of ether oxygens (including phenoxy) is 1. The third kappa shape index (κ3) is 4.48. The second-order valence-electron chi connectivity index (χ2n) is 4.91. The number of nitrogens with zero attached hydrogens (tertiary/aromatic N) is 3. The zero-order valence-electron chi connectivity index (χ0n) is 12.2. The topological polar surface area (TPSA) is 74.8 Å². The normalized spacial score (nSPS) is 16.8. The third-order valence-corrected chi connectivity index (χ3v) is 4.14. The Kier molecular flexibility index (Phi) is 5.66. The molecule has 1 aromatic rings. The van der Waals surface area contributed by atoms with Crippen LogP contribution in [0.3, 0.4) is 0 Å². The first kappa shape index (κ1) is 15.9. The van der Waals surface area contributed by atoms with Crippen molar-refractivity contribution in [3.8, 4) is 0 Å². The number of hydrogen-bond donors (Lipinski definition) is 1. The lowest BCUT2D eigenvalue weighted by molar-refractivity contribution is -0.137. The number of aromatic nitrogens is 1. The molecule has 1 unspecified atom stereocenters. The molecule has 1 aliphatic rings. The van der Waals surface area contributed by atoms with Gasteiger partial charge in [-0.3, -0.25) is 14.5 Å². The number of morpholine rings is 1. The van der Waals surface area contributed by atoms with Crippen LogP contribution in [0.4, 0.5) is 5.13 Å². The largest absolute Gasteiger partial charge is 0.378 e. The van der Waals surface area contributed by atoms with Crippen LogP contribution in [-0.4, -0.2) is 72.5 Å². The Morgan fingerprint density at radius 2 is 2.24 bits per heavy atom. The standard InChI is InChI=1S/C13H20N4O3S/c1-10(12(19)15-13-14-3-8-21-13)16(2)9-11(18)17-4-6-20-7-5-17/h3,8,10H,4-7,9H2,1-2H3,(H,14,15,19). The van der Waals surface area contributed by atoms with Crippen molar-refractivity contribution in [3.63, 3.8) is 0 Å². The highest BCUT2D eigenvalue weighted by Crippen LogP contribution is 2.11. The maximum Gasteiger partial charge on any atom is 0.243 e. The van der Waals surface area contributed by atoms with Crippen LogP contribution in [0.5, 0.6) is 0 Å². The van der Waals surface area contributed by atoms with Gasteiger partial charge >= 0.3 is 0 Å². The molecule has 1 aromatic heterocycles. The summed E-state index contributed by atoms with van der Waals surface area (Å²) in [6, 6.07) is -0.404. The number of amides is 2. The number of rotatable bonds is 5. The van der Waals surface area contributed by atoms with Crippen molar-refractivity contribution in [2.45, 2.75) is 13.0 Å². The van der Waals surface area contributed by atoms with E-state index in [1.54, 1.807) is 35.3 Å². The number of hydrogen-bond acceptors (Lipinski definition) is 6. The minimum absolute atomic E-state index is 0.0229. The summed E-state index contributed by atoms with van der Waals surface area (Å²) in [7, 11) is 1.77. The molecule has 0 spiro atoms. The molecule has 0 aromatic carbocycles. The van der Waals surface area contributed by atoms with Gasteiger partial charge in [-0.05, 0) is 14.0 Å². The van der Waals surface area contributed by atoms with Gasteiger partial charge in [-0.25, -0.2) is 4.98 Å². The Hall–Kier alpha value is -1.51. The molecule has 2 amide bonds. The molecule has 1 fully saturated rings. The van der Waals surface area contributed by atoms with Crippen LogP contribution in [-0.2, 0) is 14.3 Å². The SMILES string of the molecule is CC(C(=O)Nc1nccs1)N(C)CC(=O)N1CCOCC1. The first-order chi connectivity index (χ1) is 10.1. The summed E-state index contributed by atoms with van der Waals surface area (Å²) in [5.74, 6) is -0.142. The van der Waals surface area contributed by atoms with Gasteiger partial charge in [0.1, 0.15) is 0 Å². The van der Waals surface area contributed by atoms with Crippen LogP contribution in [0.15, 0.2) is 11.6 Å². The van der Waals surface area contributed by atoms with E-state index in [1.165, 1.54) is 11.3 Å². The molecular weight excluding hydrogens is 292 g/mol. The average molecular weight is 312 g/mol. The zero-order valence-corrected chi connectivity index (χ0v) is 13.1. The van der Waals surface area contributed by atoms with E-state index in [2.05, 4.69) is 10.3 Å². The second kappa shape index (κ2) is 7.48. The van der Waals surface area contributed by atoms with Crippen molar-refractivity contribution < 1.29 is 14.3 Å². The van der Waals surface area contributed by atoms with Crippen molar-refractivity contribution in [2.24, 2.45) is 0 Å². The highest BCUT2D eigenvalue weighted by Gasteiger charge is 2.24. The van der Waals surface area contributed by atoms with Gasteiger partial charge in [0.15, 0.2) is 5.13 Å². The smallest absolute Gasteiger partial charge is 0.243 e. The van der Waals surface area contributed by atoms with Gasteiger partial charge in [0.2, 0.25) is 11.8 Å². The number of carbonyl (C=O) groups is 2. The number of carbonyl (C=O) groups excluding carboxylic acids is 2. The summed E-state index contributed by atoms with van der Waals surface area (Å²) in [5.41, 5.74) is 0. The fourth-order valence-corrected chi connectivity index (χ4v) is 2.49. The van der Waals surface area contributed by atoms with E-state index in [1.807, 2.05) is 0 Å². The van der Waals surface area contributed by atoms with Gasteiger partial charge in [0.25, 0.3) is 0 Å². The fourth-order valence-electron chi connectivity index (χ4n) is 1.96. The first-order valence-corrected chi connectivity index (χ1v) is 7.72. The maximum atomic E-state index is 12.1. The van der Waals surface area contributed by atoms with Crippen molar-refractivity contribution in [3.05, 3.63) is 11.6 Å². The Morgan fingerprint density at radius 3 is 2.86 bits per heavy atom. The highest BCUT2D eigenvalue weighted by molar-refractivity contribution is 7.13. The zero-order chi connectivity index (χ0) is 15.2. The third-order valence-electron chi connectivity index (χ3n) is 3.45. The minimum Gasteiger partial charge on any atom is -0.378 e. The van der Waals surface area contributed by atoms with Crippen molar-refractivity contribution in [1.82, 2.24) is 14.8 Å². The molecule has 0 bridgehead atoms. The molecule has 0 radical (unpaired) electrons. The molecule has 1 N–H and O–H groups in total. The molecule has 1 aliphatic heterocycles. The van der Waals surface area contributed by atoms with Crippen molar-refractivity contribution >= 4 is 28.3 Å². The lowest BCUT2D eigenvalue weighted by atomic mass is 10.2. The molecule has 7 nitrogen and oxygen atoms in total. The minimum atomic E-state index is -0.404. The molecule has 0 saturated carbocycles. The molecule has 8 heteroatoms. The summed E-state index contributed by atoms with van der Waals surface area (Å²) in [4.78, 5) is 31.7. The van der Waals surface area contributed by atoms with E-state index in [9.17, 15) is 9.59 Å². The summed E-state index contributed by atoms with van der Waals surface area (Å²) in [6.45, 7) is 4.38. The van der Waals surface area contributed by atoms with E-state index in [4.69, 9.17) is 4.74 Å². The van der Waals surface area contributed by atoms with E-state index >= 15 is 0 Å². The van der Waals surface area contributed by atoms with Gasteiger partial charge in [0.05, 0.1) is 25.8 Å². The highest BCUT2D eigenvalue weighted by atomic mass is 32.1. The molecule has 116 valence electrons. The number of likely N-dealkylation sites (N-methyl/N-ethyl adjacent to an activating group) is 1. The van der Waals surface area contributed by atoms with Crippen LogP contribution in [0, 0.1) is 0 Å². The predicted octanol–water partition coefficient (Wildman–Crippen LogP) is 0.261. The number of thiazole rings is 1. The van der Waals surface area contributed by atoms with E-state index < -0.39 is 6.04 Å². The van der Waals surface area contributed by atoms with Crippen LogP contribution < -0.4 is 5.32 Å². The summed E-state index contributed by atoms with van der Waals surface area (Å²) >= 11 is 1.37. The Morgan fingerprint density at radius 1 is 1.52 bits per heavy atom. The molecule has 2 heterocycles. The van der Waals surface area contributed by atoms with Crippen LogP contribution in [0.2, 0.25) is 0 Å². The van der Waals surface area contributed by atoms with Gasteiger partial charge in [-0.2, -0.15) is 0 Å². The fraction of sp³-hybridized carbons (Fsp3) is 0.615. The predicted molar refractivity (Wildman–Crippen MR) is 80.2 cm³/mol. The monoisotopic (exact) mass is 312 g/mol. The molecule has 2 rings (SSSR count). The van der Waals surface area contributed by atoms with Gasteiger partial charge in [-0.15, -0.1) is 11.3 Å². The van der Waals surface area contributed by atoms with Gasteiger partial charge < -0.3 is 15.0 Å². The molecular formula is C13H20N4O3S. The Bertz CT molecular complexity index is 474. The second-order valence-corrected chi connectivity index (χ2v) is 5.81. The maximum absolute atomic E-state index is 12.1. The molecule has 1 atom stereocenters. The lowest BCUT2D eigenvalue weighted by Crippen LogP contribution is -2.48. The van der Waals surface area contributed by atoms with Crippen LogP contribution in [0.1, 0.15) is 6.92 Å². The van der Waals surface area contributed by atoms with E-state index in [0.29, 0.717) is 31.4 Å². The quantitative estimate of drug-likeness (QED) is 0.844. The molecule has 0 aliphatic carbocycles. The Labute approximate surface area is 127 Å². The molecule has 1 saturated heterocycles. The van der Waals surface area contributed by atoms with Gasteiger partial charge in [-0.1, -0.05) is 0 Å². The summed E-state index contributed by atoms with van der Waals surface area (Å²) < 4.78 is 5.22. The number of nitrogens with one attached hydrogen (secondary N) is 1. The lowest BCUT2D eigenvalue weighted by Gasteiger charge is -2.30.